The number of ether oxygens (including phenoxy) is 1. The van der Waals surface area contributed by atoms with Crippen molar-refractivity contribution in [2.24, 2.45) is 0 Å². The number of hydrogen-bond donors (Lipinski definition) is 0. The minimum absolute atomic E-state index is 0.302. The van der Waals surface area contributed by atoms with Gasteiger partial charge < -0.3 is 4.74 Å². The number of hydrogen-bond acceptors (Lipinski definition) is 1. The SMILES string of the molecule is CC.FC1(F)CC2=C(C=CCC=C2)O1. The summed E-state index contributed by atoms with van der Waals surface area (Å²) >= 11 is 0. The van der Waals surface area contributed by atoms with Gasteiger partial charge in [-0.15, -0.1) is 0 Å². The molecular weight excluding hydrogens is 186 g/mol. The predicted octanol–water partition coefficient (Wildman–Crippen LogP) is 3.80. The molecule has 0 amide bonds. The van der Waals surface area contributed by atoms with E-state index in [1.807, 2.05) is 19.9 Å². The third-order valence-corrected chi connectivity index (χ3v) is 1.83. The van der Waals surface area contributed by atoms with E-state index in [2.05, 4.69) is 4.74 Å². The standard InChI is InChI=1S/C9H8F2O.C2H6/c10-9(11)6-7-4-2-1-3-5-8(7)12-9;1-2/h2-5H,1,6H2;1-2H3. The second-order valence-corrected chi connectivity index (χ2v) is 2.85. The molecule has 0 saturated heterocycles. The highest BCUT2D eigenvalue weighted by Gasteiger charge is 2.39. The van der Waals surface area contributed by atoms with Crippen LogP contribution in [0.15, 0.2) is 35.6 Å². The van der Waals surface area contributed by atoms with Gasteiger partial charge in [0.05, 0.1) is 6.42 Å². The van der Waals surface area contributed by atoms with E-state index in [0.29, 0.717) is 11.3 Å². The third-order valence-electron chi connectivity index (χ3n) is 1.83. The molecule has 0 atom stereocenters. The Morgan fingerprint density at radius 2 is 1.86 bits per heavy atom. The molecule has 3 heteroatoms. The van der Waals surface area contributed by atoms with Crippen LogP contribution in [0.3, 0.4) is 0 Å². The summed E-state index contributed by atoms with van der Waals surface area (Å²) in [7, 11) is 0. The largest absolute Gasteiger partial charge is 0.432 e. The molecule has 0 spiro atoms. The number of allylic oxidation sites excluding steroid dienone is 4. The van der Waals surface area contributed by atoms with Crippen LogP contribution in [0.5, 0.6) is 0 Å². The molecule has 0 unspecified atom stereocenters. The molecule has 0 aromatic heterocycles. The molecule has 1 heterocycles. The van der Waals surface area contributed by atoms with Crippen LogP contribution in [0.25, 0.3) is 0 Å². The predicted molar refractivity (Wildman–Crippen MR) is 51.9 cm³/mol. The molecule has 14 heavy (non-hydrogen) atoms. The van der Waals surface area contributed by atoms with E-state index in [4.69, 9.17) is 0 Å². The highest BCUT2D eigenvalue weighted by atomic mass is 19.3. The number of alkyl halides is 2. The molecule has 0 fully saturated rings. The Morgan fingerprint density at radius 1 is 1.21 bits per heavy atom. The van der Waals surface area contributed by atoms with Crippen molar-refractivity contribution < 1.29 is 13.5 Å². The lowest BCUT2D eigenvalue weighted by atomic mass is 10.2. The van der Waals surface area contributed by atoms with Crippen LogP contribution < -0.4 is 0 Å². The van der Waals surface area contributed by atoms with E-state index < -0.39 is 6.11 Å². The molecule has 0 aromatic rings. The van der Waals surface area contributed by atoms with Gasteiger partial charge in [-0.1, -0.05) is 32.1 Å². The van der Waals surface area contributed by atoms with Gasteiger partial charge in [-0.2, -0.15) is 8.78 Å². The first-order valence-corrected chi connectivity index (χ1v) is 4.80. The fraction of sp³-hybridized carbons (Fsp3) is 0.455. The van der Waals surface area contributed by atoms with E-state index in [1.54, 1.807) is 18.2 Å². The first-order chi connectivity index (χ1) is 6.67. The summed E-state index contributed by atoms with van der Waals surface area (Å²) in [6.45, 7) is 4.00. The summed E-state index contributed by atoms with van der Waals surface area (Å²) in [5.74, 6) is 0.314. The molecule has 78 valence electrons. The van der Waals surface area contributed by atoms with Crippen molar-refractivity contribution in [3.63, 3.8) is 0 Å². The number of rotatable bonds is 0. The Labute approximate surface area is 82.8 Å². The zero-order chi connectivity index (χ0) is 10.6. The van der Waals surface area contributed by atoms with Crippen molar-refractivity contribution in [2.45, 2.75) is 32.8 Å². The van der Waals surface area contributed by atoms with Gasteiger partial charge in [0.15, 0.2) is 0 Å². The van der Waals surface area contributed by atoms with Crippen LogP contribution in [0.4, 0.5) is 8.78 Å². The Bertz CT molecular complexity index is 262. The van der Waals surface area contributed by atoms with Gasteiger partial charge in [0.1, 0.15) is 5.76 Å². The van der Waals surface area contributed by atoms with Crippen molar-refractivity contribution in [3.8, 4) is 0 Å². The molecular formula is C11H14F2O. The van der Waals surface area contributed by atoms with Crippen molar-refractivity contribution in [3.05, 3.63) is 35.6 Å². The normalized spacial score (nSPS) is 22.0. The van der Waals surface area contributed by atoms with E-state index in [1.165, 1.54) is 0 Å². The first kappa shape index (κ1) is 11.0. The summed E-state index contributed by atoms with van der Waals surface area (Å²) in [6.07, 6.45) is 4.44. The molecule has 0 bridgehead atoms. The average molecular weight is 200 g/mol. The van der Waals surface area contributed by atoms with Gasteiger partial charge in [0, 0.05) is 5.57 Å². The topological polar surface area (TPSA) is 9.23 Å². The Balaban J connectivity index is 0.000000461. The fourth-order valence-corrected chi connectivity index (χ4v) is 1.32. The van der Waals surface area contributed by atoms with Gasteiger partial charge in [-0.25, -0.2) is 0 Å². The van der Waals surface area contributed by atoms with Gasteiger partial charge in [-0.3, -0.25) is 0 Å². The first-order valence-electron chi connectivity index (χ1n) is 4.80. The highest BCUT2D eigenvalue weighted by molar-refractivity contribution is 5.35. The molecule has 1 nitrogen and oxygen atoms in total. The number of halogens is 2. The summed E-state index contributed by atoms with van der Waals surface area (Å²) in [5.41, 5.74) is 0.591. The van der Waals surface area contributed by atoms with E-state index in [-0.39, 0.29) is 6.42 Å². The Hall–Kier alpha value is -1.12. The van der Waals surface area contributed by atoms with Gasteiger partial charge in [0.2, 0.25) is 0 Å². The zero-order valence-electron chi connectivity index (χ0n) is 8.39. The van der Waals surface area contributed by atoms with Crippen LogP contribution in [-0.2, 0) is 4.74 Å². The summed E-state index contributed by atoms with van der Waals surface area (Å²) in [4.78, 5) is 0. The van der Waals surface area contributed by atoms with Crippen molar-refractivity contribution in [1.29, 1.82) is 0 Å². The zero-order valence-corrected chi connectivity index (χ0v) is 8.39. The summed E-state index contributed by atoms with van der Waals surface area (Å²) in [5, 5.41) is 0. The minimum atomic E-state index is -3.00. The molecule has 0 aromatic carbocycles. The van der Waals surface area contributed by atoms with Crippen LogP contribution in [0, 0.1) is 0 Å². The van der Waals surface area contributed by atoms with Gasteiger partial charge in [-0.05, 0) is 12.5 Å². The van der Waals surface area contributed by atoms with Crippen molar-refractivity contribution in [1.82, 2.24) is 0 Å². The Morgan fingerprint density at radius 3 is 2.57 bits per heavy atom. The lowest BCUT2D eigenvalue weighted by molar-refractivity contribution is -0.193. The molecule has 0 radical (unpaired) electrons. The lowest BCUT2D eigenvalue weighted by Gasteiger charge is -2.08. The second kappa shape index (κ2) is 4.40. The maximum absolute atomic E-state index is 12.6. The van der Waals surface area contributed by atoms with E-state index >= 15 is 0 Å². The van der Waals surface area contributed by atoms with Crippen LogP contribution in [0.1, 0.15) is 26.7 Å². The van der Waals surface area contributed by atoms with Gasteiger partial charge >= 0.3 is 6.11 Å². The van der Waals surface area contributed by atoms with Crippen LogP contribution in [-0.4, -0.2) is 6.11 Å². The third kappa shape index (κ3) is 2.44. The average Bonchev–Trinajstić information content (AvgIpc) is 2.33. The monoisotopic (exact) mass is 200 g/mol. The smallest absolute Gasteiger partial charge is 0.402 e. The molecule has 2 aliphatic rings. The van der Waals surface area contributed by atoms with Crippen LogP contribution >= 0.6 is 0 Å². The van der Waals surface area contributed by atoms with E-state index in [0.717, 1.165) is 6.42 Å². The summed E-state index contributed by atoms with van der Waals surface area (Å²) in [6, 6.07) is 0. The lowest BCUT2D eigenvalue weighted by Crippen LogP contribution is -2.13. The van der Waals surface area contributed by atoms with Crippen molar-refractivity contribution in [2.75, 3.05) is 0 Å². The second-order valence-electron chi connectivity index (χ2n) is 2.85. The maximum Gasteiger partial charge on any atom is 0.402 e. The molecule has 2 rings (SSSR count). The maximum atomic E-state index is 12.6. The minimum Gasteiger partial charge on any atom is -0.432 e. The van der Waals surface area contributed by atoms with Gasteiger partial charge in [0.25, 0.3) is 0 Å². The van der Waals surface area contributed by atoms with E-state index in [9.17, 15) is 8.78 Å². The van der Waals surface area contributed by atoms with Crippen molar-refractivity contribution >= 4 is 0 Å². The molecule has 1 aliphatic carbocycles. The van der Waals surface area contributed by atoms with Crippen LogP contribution in [0.2, 0.25) is 0 Å². The highest BCUT2D eigenvalue weighted by Crippen LogP contribution is 2.38. The summed E-state index contributed by atoms with van der Waals surface area (Å²) < 4.78 is 29.7. The molecule has 1 aliphatic heterocycles. The molecule has 0 saturated carbocycles. The fourth-order valence-electron chi connectivity index (χ4n) is 1.32. The Kier molecular flexibility index (Phi) is 3.44. The quantitative estimate of drug-likeness (QED) is 0.578. The molecule has 0 N–H and O–H groups in total.